The number of hydrogen-bond acceptors (Lipinski definition) is 5. The lowest BCUT2D eigenvalue weighted by Gasteiger charge is -2.33. The number of methoxy groups -OCH3 is 1. The minimum Gasteiger partial charge on any atom is -0.497 e. The van der Waals surface area contributed by atoms with Crippen LogP contribution in [-0.2, 0) is 26.2 Å². The van der Waals surface area contributed by atoms with Gasteiger partial charge >= 0.3 is 0 Å². The Balaban J connectivity index is 1.89. The van der Waals surface area contributed by atoms with Crippen LogP contribution in [0.1, 0.15) is 55.7 Å². The van der Waals surface area contributed by atoms with E-state index in [1.165, 1.54) is 11.3 Å². The minimum absolute atomic E-state index is 0.101. The molecule has 9 heteroatoms. The molecule has 0 heterocycles. The van der Waals surface area contributed by atoms with Gasteiger partial charge in [-0.2, -0.15) is 0 Å². The molecule has 0 saturated heterocycles. The van der Waals surface area contributed by atoms with E-state index in [0.717, 1.165) is 52.9 Å². The molecule has 0 aromatic heterocycles. The fourth-order valence-electron chi connectivity index (χ4n) is 4.76. The van der Waals surface area contributed by atoms with Crippen molar-refractivity contribution in [3.63, 3.8) is 0 Å². The van der Waals surface area contributed by atoms with Gasteiger partial charge in [-0.1, -0.05) is 49.1 Å². The Kier molecular flexibility index (Phi) is 9.59. The van der Waals surface area contributed by atoms with E-state index in [4.69, 9.17) is 4.74 Å². The van der Waals surface area contributed by atoms with Crippen molar-refractivity contribution in [1.82, 2.24) is 10.2 Å². The molecule has 3 rings (SSSR count). The van der Waals surface area contributed by atoms with Crippen molar-refractivity contribution in [3.05, 3.63) is 59.2 Å². The number of hydrogen-bond donors (Lipinski definition) is 1. The third-order valence-corrected chi connectivity index (χ3v) is 8.06. The topological polar surface area (TPSA) is 96.0 Å². The molecule has 1 saturated carbocycles. The largest absolute Gasteiger partial charge is 0.497 e. The van der Waals surface area contributed by atoms with Gasteiger partial charge in [0.1, 0.15) is 18.3 Å². The molecule has 37 heavy (non-hydrogen) atoms. The summed E-state index contributed by atoms with van der Waals surface area (Å²) in [5.41, 5.74) is 3.01. The Morgan fingerprint density at radius 2 is 1.70 bits per heavy atom. The van der Waals surface area contributed by atoms with Gasteiger partial charge in [0.05, 0.1) is 19.1 Å². The summed E-state index contributed by atoms with van der Waals surface area (Å²) in [5.74, 6) is 0.00140. The van der Waals surface area contributed by atoms with E-state index in [-0.39, 0.29) is 18.5 Å². The average molecular weight is 530 g/mol. The molecule has 1 aliphatic carbocycles. The number of carbonyl (C=O) groups is 2. The van der Waals surface area contributed by atoms with Crippen LogP contribution in [0.15, 0.2) is 42.5 Å². The molecule has 0 spiro atoms. The molecule has 2 amide bonds. The maximum atomic E-state index is 13.7. The molecule has 0 aliphatic heterocycles. The molecule has 1 fully saturated rings. The van der Waals surface area contributed by atoms with Crippen LogP contribution in [0.2, 0.25) is 0 Å². The number of benzene rings is 2. The van der Waals surface area contributed by atoms with Crippen LogP contribution in [-0.4, -0.2) is 57.1 Å². The highest BCUT2D eigenvalue weighted by molar-refractivity contribution is 7.92. The highest BCUT2D eigenvalue weighted by Gasteiger charge is 2.31. The smallest absolute Gasteiger partial charge is 0.244 e. The molecule has 8 nitrogen and oxygen atoms in total. The fraction of sp³-hybridized carbons (Fsp3) is 0.500. The first-order valence-electron chi connectivity index (χ1n) is 12.8. The lowest BCUT2D eigenvalue weighted by atomic mass is 9.95. The number of aryl methyl sites for hydroxylation is 2. The van der Waals surface area contributed by atoms with Crippen molar-refractivity contribution in [2.75, 3.05) is 24.2 Å². The number of rotatable bonds is 10. The molecular weight excluding hydrogens is 490 g/mol. The zero-order valence-corrected chi connectivity index (χ0v) is 23.3. The number of nitrogens with zero attached hydrogens (tertiary/aromatic N) is 2. The van der Waals surface area contributed by atoms with Crippen LogP contribution in [0.5, 0.6) is 5.75 Å². The van der Waals surface area contributed by atoms with Gasteiger partial charge in [-0.25, -0.2) is 8.42 Å². The second-order valence-corrected chi connectivity index (χ2v) is 11.9. The van der Waals surface area contributed by atoms with Gasteiger partial charge in [0.15, 0.2) is 0 Å². The van der Waals surface area contributed by atoms with Crippen molar-refractivity contribution in [2.45, 2.75) is 71.5 Å². The standard InChI is InChI=1S/C28H39N3O5S/c1-20-11-16-26(21(2)17-20)31(37(5,34)35)19-27(32)30(18-23-12-14-25(36-4)15-13-23)22(3)28(33)29-24-9-7-6-8-10-24/h11-17,22,24H,6-10,18-19H2,1-5H3,(H,29,33)/t22-/m0/s1. The van der Waals surface area contributed by atoms with Crippen LogP contribution < -0.4 is 14.4 Å². The zero-order chi connectivity index (χ0) is 27.2. The minimum atomic E-state index is -3.76. The van der Waals surface area contributed by atoms with Crippen molar-refractivity contribution in [3.8, 4) is 5.75 Å². The van der Waals surface area contributed by atoms with Crippen LogP contribution in [0.4, 0.5) is 5.69 Å². The predicted octanol–water partition coefficient (Wildman–Crippen LogP) is 3.94. The van der Waals surface area contributed by atoms with E-state index in [1.54, 1.807) is 32.2 Å². The number of ether oxygens (including phenoxy) is 1. The summed E-state index contributed by atoms with van der Waals surface area (Å²) in [6.07, 6.45) is 6.27. The monoisotopic (exact) mass is 529 g/mol. The summed E-state index contributed by atoms with van der Waals surface area (Å²) in [6.45, 7) is 5.20. The molecular formula is C28H39N3O5S. The van der Waals surface area contributed by atoms with Crippen LogP contribution in [0.3, 0.4) is 0 Å². The summed E-state index contributed by atoms with van der Waals surface area (Å²) in [6, 6.07) is 12.0. The molecule has 2 aromatic rings. The highest BCUT2D eigenvalue weighted by atomic mass is 32.2. The van der Waals surface area contributed by atoms with E-state index in [0.29, 0.717) is 11.4 Å². The Hall–Kier alpha value is -3.07. The molecule has 0 unspecified atom stereocenters. The Labute approximate surface area is 221 Å². The lowest BCUT2D eigenvalue weighted by molar-refractivity contribution is -0.139. The average Bonchev–Trinajstić information content (AvgIpc) is 2.86. The summed E-state index contributed by atoms with van der Waals surface area (Å²) in [4.78, 5) is 28.4. The van der Waals surface area contributed by atoms with E-state index >= 15 is 0 Å². The van der Waals surface area contributed by atoms with Gasteiger partial charge in [-0.05, 0) is 62.9 Å². The van der Waals surface area contributed by atoms with Crippen molar-refractivity contribution in [2.24, 2.45) is 0 Å². The molecule has 1 aliphatic rings. The van der Waals surface area contributed by atoms with Gasteiger partial charge < -0.3 is 15.0 Å². The third-order valence-electron chi connectivity index (χ3n) is 6.93. The summed E-state index contributed by atoms with van der Waals surface area (Å²) < 4.78 is 31.9. The van der Waals surface area contributed by atoms with Crippen molar-refractivity contribution in [1.29, 1.82) is 0 Å². The fourth-order valence-corrected chi connectivity index (χ4v) is 5.67. The van der Waals surface area contributed by atoms with Crippen LogP contribution >= 0.6 is 0 Å². The molecule has 202 valence electrons. The van der Waals surface area contributed by atoms with E-state index in [9.17, 15) is 18.0 Å². The first-order valence-corrected chi connectivity index (χ1v) is 14.6. The molecule has 0 radical (unpaired) electrons. The van der Waals surface area contributed by atoms with Gasteiger partial charge in [0.25, 0.3) is 0 Å². The Morgan fingerprint density at radius 3 is 2.27 bits per heavy atom. The molecule has 0 bridgehead atoms. The van der Waals surface area contributed by atoms with Crippen molar-refractivity contribution >= 4 is 27.5 Å². The highest BCUT2D eigenvalue weighted by Crippen LogP contribution is 2.25. The first kappa shape index (κ1) is 28.5. The second-order valence-electron chi connectivity index (χ2n) is 9.95. The zero-order valence-electron chi connectivity index (χ0n) is 22.5. The van der Waals surface area contributed by atoms with E-state index in [2.05, 4.69) is 5.32 Å². The number of anilines is 1. The number of amides is 2. The lowest BCUT2D eigenvalue weighted by Crippen LogP contribution is -2.53. The maximum absolute atomic E-state index is 13.7. The normalized spacial score (nSPS) is 15.1. The second kappa shape index (κ2) is 12.4. The van der Waals surface area contributed by atoms with Gasteiger partial charge in [-0.3, -0.25) is 13.9 Å². The van der Waals surface area contributed by atoms with Gasteiger partial charge in [-0.15, -0.1) is 0 Å². The summed E-state index contributed by atoms with van der Waals surface area (Å²) in [7, 11) is -2.18. The summed E-state index contributed by atoms with van der Waals surface area (Å²) in [5, 5.41) is 3.10. The molecule has 2 aromatic carbocycles. The molecule has 1 atom stereocenters. The maximum Gasteiger partial charge on any atom is 0.244 e. The Bertz CT molecular complexity index is 1190. The number of carbonyl (C=O) groups excluding carboxylic acids is 2. The Morgan fingerprint density at radius 1 is 1.05 bits per heavy atom. The third kappa shape index (κ3) is 7.71. The van der Waals surface area contributed by atoms with Crippen LogP contribution in [0, 0.1) is 13.8 Å². The van der Waals surface area contributed by atoms with Gasteiger partial charge in [0.2, 0.25) is 21.8 Å². The first-order chi connectivity index (χ1) is 17.5. The quantitative estimate of drug-likeness (QED) is 0.503. The van der Waals surface area contributed by atoms with E-state index in [1.807, 2.05) is 38.1 Å². The van der Waals surface area contributed by atoms with E-state index < -0.39 is 28.5 Å². The van der Waals surface area contributed by atoms with Crippen LogP contribution in [0.25, 0.3) is 0 Å². The number of sulfonamides is 1. The van der Waals surface area contributed by atoms with Gasteiger partial charge in [0, 0.05) is 12.6 Å². The predicted molar refractivity (Wildman–Crippen MR) is 146 cm³/mol. The van der Waals surface area contributed by atoms with Crippen molar-refractivity contribution < 1.29 is 22.7 Å². The SMILES string of the molecule is COc1ccc(CN(C(=O)CN(c2ccc(C)cc2C)S(C)(=O)=O)[C@@H](C)C(=O)NC2CCCCC2)cc1. The number of nitrogens with one attached hydrogen (secondary N) is 1. The summed E-state index contributed by atoms with van der Waals surface area (Å²) >= 11 is 0. The molecule has 1 N–H and O–H groups in total.